The van der Waals surface area contributed by atoms with Crippen LogP contribution in [0.25, 0.3) is 4.85 Å². The molecular weight excluding hydrogens is 290 g/mol. The molecule has 0 fully saturated rings. The van der Waals surface area contributed by atoms with Crippen LogP contribution in [-0.4, -0.2) is 16.0 Å². The minimum absolute atomic E-state index is 0.120. The first-order valence-corrected chi connectivity index (χ1v) is 7.67. The van der Waals surface area contributed by atoms with Gasteiger partial charge in [0, 0.05) is 16.9 Å². The third-order valence-corrected chi connectivity index (χ3v) is 4.57. The second kappa shape index (κ2) is 5.18. The Bertz CT molecular complexity index is 854. The third-order valence-electron chi connectivity index (χ3n) is 4.57. The highest BCUT2D eigenvalue weighted by Crippen LogP contribution is 2.39. The molecule has 1 aliphatic heterocycles. The summed E-state index contributed by atoms with van der Waals surface area (Å²) in [4.78, 5) is 20.5. The highest BCUT2D eigenvalue weighted by atomic mass is 16.3. The summed E-state index contributed by atoms with van der Waals surface area (Å²) in [6.07, 6.45) is 2.03. The summed E-state index contributed by atoms with van der Waals surface area (Å²) in [6, 6.07) is 8.91. The lowest BCUT2D eigenvalue weighted by molar-refractivity contribution is -0.116. The Morgan fingerprint density at radius 2 is 2.13 bits per heavy atom. The zero-order chi connectivity index (χ0) is 16.0. The second-order valence-electron chi connectivity index (χ2n) is 5.99. The number of anilines is 1. The Hall–Kier alpha value is -2.71. The fourth-order valence-electron chi connectivity index (χ4n) is 3.42. The molecule has 0 saturated carbocycles. The molecule has 0 bridgehead atoms. The number of aryl methyl sites for hydroxylation is 1. The van der Waals surface area contributed by atoms with E-state index in [2.05, 4.69) is 15.1 Å². The van der Waals surface area contributed by atoms with Gasteiger partial charge in [0.05, 0.1) is 18.4 Å². The fourth-order valence-corrected chi connectivity index (χ4v) is 3.42. The number of nitrogens with one attached hydrogen (secondary N) is 1. The maximum absolute atomic E-state index is 12.4. The van der Waals surface area contributed by atoms with Gasteiger partial charge in [-0.05, 0) is 37.0 Å². The number of nitrogens with zero attached hydrogens (tertiary/aromatic N) is 2. The number of aliphatic hydroxyl groups is 1. The van der Waals surface area contributed by atoms with E-state index in [9.17, 15) is 9.90 Å². The molecule has 4 rings (SSSR count). The number of fused-ring (bicyclic) bond motifs is 2. The molecule has 2 N–H and O–H groups in total. The molecule has 1 amide bonds. The maximum atomic E-state index is 12.4. The van der Waals surface area contributed by atoms with Crippen molar-refractivity contribution in [3.63, 3.8) is 0 Å². The van der Waals surface area contributed by atoms with Crippen LogP contribution < -0.4 is 5.32 Å². The number of carbonyl (C=O) groups excluding carboxylic acids is 1. The van der Waals surface area contributed by atoms with Crippen LogP contribution in [0.15, 0.2) is 30.3 Å². The van der Waals surface area contributed by atoms with Crippen molar-refractivity contribution in [2.45, 2.75) is 31.3 Å². The van der Waals surface area contributed by atoms with Gasteiger partial charge in [0.1, 0.15) is 5.92 Å². The summed E-state index contributed by atoms with van der Waals surface area (Å²) in [5.74, 6) is -0.609. The van der Waals surface area contributed by atoms with Crippen LogP contribution in [-0.2, 0) is 11.2 Å². The summed E-state index contributed by atoms with van der Waals surface area (Å²) in [5.41, 5.74) is 4.48. The van der Waals surface area contributed by atoms with Gasteiger partial charge < -0.3 is 10.4 Å². The predicted octanol–water partition coefficient (Wildman–Crippen LogP) is 3.09. The Morgan fingerprint density at radius 1 is 1.26 bits per heavy atom. The largest absolute Gasteiger partial charge is 0.388 e. The summed E-state index contributed by atoms with van der Waals surface area (Å²) in [7, 11) is 0. The number of hydrogen-bond acceptors (Lipinski definition) is 3. The lowest BCUT2D eigenvalue weighted by atomic mass is 9.90. The van der Waals surface area contributed by atoms with Crippen molar-refractivity contribution in [1.29, 1.82) is 0 Å². The number of aliphatic hydroxyl groups excluding tert-OH is 1. The number of carbonyl (C=O) groups is 1. The smallest absolute Gasteiger partial charge is 0.238 e. The highest BCUT2D eigenvalue weighted by Gasteiger charge is 2.34. The van der Waals surface area contributed by atoms with E-state index in [1.807, 2.05) is 12.1 Å². The van der Waals surface area contributed by atoms with E-state index in [0.29, 0.717) is 11.4 Å². The normalized spacial score (nSPS) is 22.0. The van der Waals surface area contributed by atoms with Gasteiger partial charge in [0.15, 0.2) is 5.69 Å². The molecule has 0 saturated heterocycles. The molecule has 2 aromatic rings. The van der Waals surface area contributed by atoms with E-state index < -0.39 is 12.0 Å². The van der Waals surface area contributed by atoms with E-state index >= 15 is 0 Å². The summed E-state index contributed by atoms with van der Waals surface area (Å²) in [6.45, 7) is 7.15. The standard InChI is InChI=1S/C18H15N3O2/c1-19-10-5-7-14-12(9-10)17(18(23)21-14)15-8-6-11-13(20-15)3-2-4-16(11)22/h5-9,16-17,22H,2-4H2,(H,21,23). The fraction of sp³-hybridized carbons (Fsp3) is 0.278. The first-order chi connectivity index (χ1) is 11.2. The van der Waals surface area contributed by atoms with Crippen molar-refractivity contribution in [1.82, 2.24) is 4.98 Å². The summed E-state index contributed by atoms with van der Waals surface area (Å²) < 4.78 is 0. The lowest BCUT2D eigenvalue weighted by Crippen LogP contribution is -2.17. The third kappa shape index (κ3) is 2.19. The SMILES string of the molecule is [C-]#[N+]c1ccc2c(c1)C(c1ccc3c(n1)CCCC3O)C(=O)N2. The quantitative estimate of drug-likeness (QED) is 0.796. The molecular formula is C18H15N3O2. The van der Waals surface area contributed by atoms with Crippen molar-refractivity contribution < 1.29 is 9.90 Å². The van der Waals surface area contributed by atoms with Crippen molar-refractivity contribution >= 4 is 17.3 Å². The highest BCUT2D eigenvalue weighted by molar-refractivity contribution is 6.05. The number of benzene rings is 1. The van der Waals surface area contributed by atoms with Crippen LogP contribution >= 0.6 is 0 Å². The van der Waals surface area contributed by atoms with Crippen molar-refractivity contribution in [3.8, 4) is 0 Å². The summed E-state index contributed by atoms with van der Waals surface area (Å²) >= 11 is 0. The summed E-state index contributed by atoms with van der Waals surface area (Å²) in [5, 5.41) is 12.9. The van der Waals surface area contributed by atoms with E-state index in [0.717, 1.165) is 41.8 Å². The van der Waals surface area contributed by atoms with Gasteiger partial charge in [-0.1, -0.05) is 18.2 Å². The Kier molecular flexibility index (Phi) is 3.14. The molecule has 2 unspecified atom stereocenters. The first-order valence-electron chi connectivity index (χ1n) is 7.67. The Balaban J connectivity index is 1.80. The van der Waals surface area contributed by atoms with Gasteiger partial charge in [-0.2, -0.15) is 0 Å². The van der Waals surface area contributed by atoms with Crippen LogP contribution in [0.1, 0.15) is 47.4 Å². The van der Waals surface area contributed by atoms with Crippen LogP contribution in [0.3, 0.4) is 0 Å². The first kappa shape index (κ1) is 13.9. The van der Waals surface area contributed by atoms with Gasteiger partial charge in [-0.15, -0.1) is 0 Å². The molecule has 0 spiro atoms. The molecule has 2 aliphatic rings. The molecule has 114 valence electrons. The van der Waals surface area contributed by atoms with Gasteiger partial charge in [0.25, 0.3) is 0 Å². The average Bonchev–Trinajstić information content (AvgIpc) is 2.89. The van der Waals surface area contributed by atoms with Gasteiger partial charge in [0.2, 0.25) is 5.91 Å². The molecule has 5 heteroatoms. The van der Waals surface area contributed by atoms with E-state index in [-0.39, 0.29) is 5.91 Å². The zero-order valence-corrected chi connectivity index (χ0v) is 12.4. The number of aromatic nitrogens is 1. The average molecular weight is 305 g/mol. The molecule has 1 aromatic carbocycles. The van der Waals surface area contributed by atoms with Crippen LogP contribution in [0, 0.1) is 6.57 Å². The van der Waals surface area contributed by atoms with Crippen LogP contribution in [0.2, 0.25) is 0 Å². The molecule has 1 aromatic heterocycles. The number of pyridine rings is 1. The van der Waals surface area contributed by atoms with Crippen molar-refractivity contribution in [2.24, 2.45) is 0 Å². The molecule has 1 aliphatic carbocycles. The van der Waals surface area contributed by atoms with Gasteiger partial charge in [-0.3, -0.25) is 9.78 Å². The number of rotatable bonds is 1. The van der Waals surface area contributed by atoms with Crippen LogP contribution in [0.5, 0.6) is 0 Å². The van der Waals surface area contributed by atoms with Crippen molar-refractivity contribution in [2.75, 3.05) is 5.32 Å². The van der Waals surface area contributed by atoms with E-state index in [4.69, 9.17) is 6.57 Å². The Labute approximate surface area is 133 Å². The van der Waals surface area contributed by atoms with Gasteiger partial charge in [-0.25, -0.2) is 4.85 Å². The van der Waals surface area contributed by atoms with Gasteiger partial charge >= 0.3 is 0 Å². The zero-order valence-electron chi connectivity index (χ0n) is 12.4. The number of hydrogen-bond donors (Lipinski definition) is 2. The minimum Gasteiger partial charge on any atom is -0.388 e. The maximum Gasteiger partial charge on any atom is 0.238 e. The topological polar surface area (TPSA) is 66.6 Å². The van der Waals surface area contributed by atoms with E-state index in [1.165, 1.54) is 0 Å². The van der Waals surface area contributed by atoms with E-state index in [1.54, 1.807) is 18.2 Å². The Morgan fingerprint density at radius 3 is 2.96 bits per heavy atom. The second-order valence-corrected chi connectivity index (χ2v) is 5.99. The molecule has 5 nitrogen and oxygen atoms in total. The predicted molar refractivity (Wildman–Crippen MR) is 85.3 cm³/mol. The molecule has 0 radical (unpaired) electrons. The van der Waals surface area contributed by atoms with Crippen LogP contribution in [0.4, 0.5) is 11.4 Å². The molecule has 2 atom stereocenters. The minimum atomic E-state index is -0.490. The molecule has 2 heterocycles. The van der Waals surface area contributed by atoms with Crippen molar-refractivity contribution in [3.05, 3.63) is 64.3 Å². The lowest BCUT2D eigenvalue weighted by Gasteiger charge is -2.21. The monoisotopic (exact) mass is 305 g/mol. The number of amides is 1. The molecule has 23 heavy (non-hydrogen) atoms.